The third kappa shape index (κ3) is 2.33. The van der Waals surface area contributed by atoms with Gasteiger partial charge in [-0.25, -0.2) is 9.59 Å². The Morgan fingerprint density at radius 2 is 1.04 bits per heavy atom. The Bertz CT molecular complexity index is 1110. The van der Waals surface area contributed by atoms with Crippen molar-refractivity contribution in [1.82, 2.24) is 0 Å². The number of hydrogen-bond donors (Lipinski definition) is 0. The predicted octanol–water partition coefficient (Wildman–Crippen LogP) is 4.18. The molecule has 0 saturated heterocycles. The summed E-state index contributed by atoms with van der Waals surface area (Å²) in [7, 11) is 0. The second-order valence-corrected chi connectivity index (χ2v) is 5.98. The molecule has 2 heterocycles. The summed E-state index contributed by atoms with van der Waals surface area (Å²) in [5, 5.41) is 1.53. The molecule has 0 spiro atoms. The van der Waals surface area contributed by atoms with Crippen LogP contribution in [-0.4, -0.2) is 0 Å². The second-order valence-electron chi connectivity index (χ2n) is 5.98. The molecule has 0 saturated carbocycles. The van der Waals surface area contributed by atoms with E-state index < -0.39 is 11.3 Å². The Labute approximate surface area is 137 Å². The number of rotatable bonds is 1. The van der Waals surface area contributed by atoms with Gasteiger partial charge in [0.05, 0.1) is 11.1 Å². The highest BCUT2D eigenvalue weighted by Crippen LogP contribution is 2.23. The zero-order valence-corrected chi connectivity index (χ0v) is 13.3. The van der Waals surface area contributed by atoms with Crippen LogP contribution < -0.4 is 11.3 Å². The van der Waals surface area contributed by atoms with Crippen molar-refractivity contribution in [3.8, 4) is 11.1 Å². The zero-order valence-electron chi connectivity index (χ0n) is 13.3. The molecule has 2 aromatic carbocycles. The van der Waals surface area contributed by atoms with Crippen LogP contribution in [-0.2, 0) is 0 Å². The smallest absolute Gasteiger partial charge is 0.344 e. The highest BCUT2D eigenvalue weighted by atomic mass is 16.4. The first-order valence-electron chi connectivity index (χ1n) is 7.61. The van der Waals surface area contributed by atoms with E-state index in [1.807, 2.05) is 38.1 Å². The van der Waals surface area contributed by atoms with Gasteiger partial charge in [-0.2, -0.15) is 0 Å². The average Bonchev–Trinajstić information content (AvgIpc) is 2.53. The van der Waals surface area contributed by atoms with Crippen molar-refractivity contribution >= 4 is 21.9 Å². The van der Waals surface area contributed by atoms with Crippen molar-refractivity contribution in [1.29, 1.82) is 0 Å². The fraction of sp³-hybridized carbons (Fsp3) is 0.100. The van der Waals surface area contributed by atoms with Crippen LogP contribution in [0.5, 0.6) is 0 Å². The van der Waals surface area contributed by atoms with Crippen LogP contribution >= 0.6 is 0 Å². The molecule has 0 aliphatic rings. The summed E-state index contributed by atoms with van der Waals surface area (Å²) in [6.07, 6.45) is 0. The number of hydrogen-bond acceptors (Lipinski definition) is 4. The maximum Gasteiger partial charge on any atom is 0.344 e. The standard InChI is InChI=1S/C20H14O4/c1-11-3-5-13-9-15(19(21)23-17(13)7-11)16-10-14-6-4-12(2)8-18(14)24-20(16)22/h3-10H,1-2H3. The highest BCUT2D eigenvalue weighted by Gasteiger charge is 2.14. The maximum atomic E-state index is 12.3. The lowest BCUT2D eigenvalue weighted by molar-refractivity contribution is 0.553. The predicted molar refractivity (Wildman–Crippen MR) is 93.4 cm³/mol. The molecule has 0 amide bonds. The number of fused-ring (bicyclic) bond motifs is 2. The molecule has 24 heavy (non-hydrogen) atoms. The van der Waals surface area contributed by atoms with Crippen molar-refractivity contribution in [3.63, 3.8) is 0 Å². The molecule has 4 rings (SSSR count). The van der Waals surface area contributed by atoms with Crippen molar-refractivity contribution < 1.29 is 8.83 Å². The van der Waals surface area contributed by atoms with Gasteiger partial charge in [0.25, 0.3) is 0 Å². The molecule has 0 atom stereocenters. The minimum atomic E-state index is -0.549. The minimum Gasteiger partial charge on any atom is -0.422 e. The molecule has 4 aromatic rings. The molecule has 4 nitrogen and oxygen atoms in total. The molecule has 0 aliphatic heterocycles. The average molecular weight is 318 g/mol. The maximum absolute atomic E-state index is 12.3. The quantitative estimate of drug-likeness (QED) is 0.494. The van der Waals surface area contributed by atoms with E-state index >= 15 is 0 Å². The summed E-state index contributed by atoms with van der Waals surface area (Å²) < 4.78 is 10.8. The van der Waals surface area contributed by atoms with Crippen molar-refractivity contribution in [3.05, 3.63) is 80.5 Å². The van der Waals surface area contributed by atoms with E-state index in [2.05, 4.69) is 0 Å². The van der Waals surface area contributed by atoms with Gasteiger partial charge >= 0.3 is 11.3 Å². The number of aryl methyl sites for hydroxylation is 2. The lowest BCUT2D eigenvalue weighted by Gasteiger charge is -2.04. The third-order valence-electron chi connectivity index (χ3n) is 4.07. The fourth-order valence-corrected chi connectivity index (χ4v) is 2.81. The molecule has 0 bridgehead atoms. The highest BCUT2D eigenvalue weighted by molar-refractivity contribution is 5.85. The third-order valence-corrected chi connectivity index (χ3v) is 4.07. The van der Waals surface area contributed by atoms with Crippen molar-refractivity contribution in [2.75, 3.05) is 0 Å². The Hall–Kier alpha value is -3.14. The summed E-state index contributed by atoms with van der Waals surface area (Å²) in [6, 6.07) is 14.5. The summed E-state index contributed by atoms with van der Waals surface area (Å²) in [5.41, 5.74) is 2.33. The topological polar surface area (TPSA) is 60.4 Å². The molecular weight excluding hydrogens is 304 g/mol. The summed E-state index contributed by atoms with van der Waals surface area (Å²) in [5.74, 6) is 0. The van der Waals surface area contributed by atoms with E-state index in [1.54, 1.807) is 24.3 Å². The Balaban J connectivity index is 2.02. The van der Waals surface area contributed by atoms with Crippen molar-refractivity contribution in [2.45, 2.75) is 13.8 Å². The molecule has 0 aliphatic carbocycles. The normalized spacial score (nSPS) is 11.2. The van der Waals surface area contributed by atoms with Gasteiger partial charge in [0.15, 0.2) is 0 Å². The summed E-state index contributed by atoms with van der Waals surface area (Å²) >= 11 is 0. The lowest BCUT2D eigenvalue weighted by atomic mass is 10.0. The molecule has 4 heteroatoms. The second kappa shape index (κ2) is 5.20. The van der Waals surface area contributed by atoms with Crippen LogP contribution in [0.1, 0.15) is 11.1 Å². The van der Waals surface area contributed by atoms with E-state index in [0.29, 0.717) is 11.2 Å². The van der Waals surface area contributed by atoms with Gasteiger partial charge in [-0.3, -0.25) is 0 Å². The Morgan fingerprint density at radius 3 is 1.46 bits per heavy atom. The minimum absolute atomic E-state index is 0.211. The lowest BCUT2D eigenvalue weighted by Crippen LogP contribution is -2.10. The molecule has 118 valence electrons. The number of benzene rings is 2. The first kappa shape index (κ1) is 14.5. The van der Waals surface area contributed by atoms with Crippen LogP contribution in [0.25, 0.3) is 33.1 Å². The van der Waals surface area contributed by atoms with Gasteiger partial charge in [-0.05, 0) is 49.2 Å². The SMILES string of the molecule is Cc1ccc2cc(-c3cc4ccc(C)cc4oc3=O)c(=O)oc2c1. The van der Waals surface area contributed by atoms with Gasteiger partial charge in [0, 0.05) is 10.8 Å². The van der Waals surface area contributed by atoms with Crippen LogP contribution in [0.3, 0.4) is 0 Å². The Kier molecular flexibility index (Phi) is 3.13. The largest absolute Gasteiger partial charge is 0.422 e. The van der Waals surface area contributed by atoms with E-state index in [4.69, 9.17) is 8.83 Å². The van der Waals surface area contributed by atoms with Gasteiger partial charge in [0.2, 0.25) is 0 Å². The first-order valence-corrected chi connectivity index (χ1v) is 7.61. The molecular formula is C20H14O4. The monoisotopic (exact) mass is 318 g/mol. The van der Waals surface area contributed by atoms with E-state index in [-0.39, 0.29) is 11.1 Å². The fourth-order valence-electron chi connectivity index (χ4n) is 2.81. The van der Waals surface area contributed by atoms with Gasteiger partial charge in [0.1, 0.15) is 11.2 Å². The van der Waals surface area contributed by atoms with Crippen LogP contribution in [0.4, 0.5) is 0 Å². The molecule has 0 N–H and O–H groups in total. The molecule has 0 radical (unpaired) electrons. The zero-order chi connectivity index (χ0) is 16.8. The molecule has 0 fully saturated rings. The van der Waals surface area contributed by atoms with Crippen molar-refractivity contribution in [2.24, 2.45) is 0 Å². The van der Waals surface area contributed by atoms with Crippen LogP contribution in [0, 0.1) is 13.8 Å². The first-order chi connectivity index (χ1) is 11.5. The van der Waals surface area contributed by atoms with Gasteiger partial charge < -0.3 is 8.83 Å². The van der Waals surface area contributed by atoms with E-state index in [0.717, 1.165) is 21.9 Å². The van der Waals surface area contributed by atoms with Gasteiger partial charge in [-0.15, -0.1) is 0 Å². The van der Waals surface area contributed by atoms with Gasteiger partial charge in [-0.1, -0.05) is 24.3 Å². The van der Waals surface area contributed by atoms with E-state index in [1.165, 1.54) is 0 Å². The van der Waals surface area contributed by atoms with Crippen LogP contribution in [0.15, 0.2) is 67.0 Å². The van der Waals surface area contributed by atoms with E-state index in [9.17, 15) is 9.59 Å². The Morgan fingerprint density at radius 1 is 0.625 bits per heavy atom. The van der Waals surface area contributed by atoms with Crippen LogP contribution in [0.2, 0.25) is 0 Å². The molecule has 2 aromatic heterocycles. The molecule has 0 unspecified atom stereocenters. The summed E-state index contributed by atoms with van der Waals surface area (Å²) in [4.78, 5) is 24.7. The summed E-state index contributed by atoms with van der Waals surface area (Å²) in [6.45, 7) is 3.85.